The molecule has 1 aliphatic heterocycles. The van der Waals surface area contributed by atoms with Crippen LogP contribution in [0.2, 0.25) is 0 Å². The summed E-state index contributed by atoms with van der Waals surface area (Å²) in [4.78, 5) is 12.6. The first kappa shape index (κ1) is 25.5. The van der Waals surface area contributed by atoms with E-state index in [4.69, 9.17) is 9.47 Å². The highest BCUT2D eigenvalue weighted by Crippen LogP contribution is 2.32. The molecule has 0 aliphatic carbocycles. The van der Waals surface area contributed by atoms with Gasteiger partial charge < -0.3 is 24.8 Å². The Balaban J connectivity index is 2.40. The molecule has 0 saturated heterocycles. The van der Waals surface area contributed by atoms with Crippen molar-refractivity contribution in [3.63, 3.8) is 0 Å². The molecule has 1 aromatic carbocycles. The molecule has 3 N–H and O–H groups in total. The number of hydrogen-bond donors (Lipinski definition) is 3. The zero-order valence-electron chi connectivity index (χ0n) is 19.4. The minimum Gasteiger partial charge on any atom is -0.456 e. The standard InChI is InChI=1S/C25H38O6/c1-16(15-26)11-17(2)22-14-20(30-5)9-10-25(3,4)19-8-6-7-18(12-19)13-21(27)23(28)24(29)31-22/h6-8,11-12,16,20-23,26-28H,9-10,13-15H2,1-5H3/b17-11-/t16-,20+,21-,22+,23+/m1/s1. The summed E-state index contributed by atoms with van der Waals surface area (Å²) in [5, 5.41) is 30.3. The molecule has 0 unspecified atom stereocenters. The lowest BCUT2D eigenvalue weighted by Gasteiger charge is -2.31. The van der Waals surface area contributed by atoms with Gasteiger partial charge in [-0.15, -0.1) is 0 Å². The summed E-state index contributed by atoms with van der Waals surface area (Å²) >= 11 is 0. The Hall–Kier alpha value is -1.73. The maximum Gasteiger partial charge on any atom is 0.338 e. The molecule has 0 radical (unpaired) electrons. The molecule has 5 atom stereocenters. The topological polar surface area (TPSA) is 96.2 Å². The molecule has 31 heavy (non-hydrogen) atoms. The fourth-order valence-corrected chi connectivity index (χ4v) is 4.01. The van der Waals surface area contributed by atoms with Gasteiger partial charge in [0.2, 0.25) is 0 Å². The number of carbonyl (C=O) groups is 1. The smallest absolute Gasteiger partial charge is 0.338 e. The van der Waals surface area contributed by atoms with Crippen molar-refractivity contribution in [3.8, 4) is 0 Å². The lowest BCUT2D eigenvalue weighted by Crippen LogP contribution is -2.40. The average Bonchev–Trinajstić information content (AvgIpc) is 2.74. The zero-order valence-corrected chi connectivity index (χ0v) is 19.4. The number of aliphatic hydroxyl groups excluding tert-OH is 3. The Kier molecular flexibility index (Phi) is 9.25. The van der Waals surface area contributed by atoms with Crippen LogP contribution in [0, 0.1) is 5.92 Å². The minimum atomic E-state index is -1.65. The van der Waals surface area contributed by atoms with Gasteiger partial charge in [-0.05, 0) is 47.8 Å². The molecule has 0 spiro atoms. The van der Waals surface area contributed by atoms with Crippen LogP contribution >= 0.6 is 0 Å². The van der Waals surface area contributed by atoms with Gasteiger partial charge in [0.05, 0.1) is 12.2 Å². The molecule has 1 heterocycles. The second-order valence-electron chi connectivity index (χ2n) is 9.43. The van der Waals surface area contributed by atoms with Crippen molar-refractivity contribution in [1.29, 1.82) is 0 Å². The highest BCUT2D eigenvalue weighted by molar-refractivity contribution is 5.75. The lowest BCUT2D eigenvalue weighted by molar-refractivity contribution is -0.164. The molecule has 6 nitrogen and oxygen atoms in total. The van der Waals surface area contributed by atoms with E-state index < -0.39 is 24.3 Å². The first-order chi connectivity index (χ1) is 14.6. The number of carbonyl (C=O) groups excluding carboxylic acids is 1. The second-order valence-corrected chi connectivity index (χ2v) is 9.43. The Morgan fingerprint density at radius 1 is 1.35 bits per heavy atom. The number of methoxy groups -OCH3 is 1. The van der Waals surface area contributed by atoms with Crippen LogP contribution in [-0.4, -0.2) is 59.4 Å². The number of cyclic esters (lactones) is 1. The zero-order chi connectivity index (χ0) is 23.2. The maximum absolute atomic E-state index is 12.6. The molecule has 0 fully saturated rings. The van der Waals surface area contributed by atoms with Gasteiger partial charge in [0.25, 0.3) is 0 Å². The van der Waals surface area contributed by atoms with Crippen molar-refractivity contribution in [2.24, 2.45) is 5.92 Å². The van der Waals surface area contributed by atoms with Crippen LogP contribution in [0.4, 0.5) is 0 Å². The summed E-state index contributed by atoms with van der Waals surface area (Å²) < 4.78 is 11.4. The van der Waals surface area contributed by atoms with E-state index >= 15 is 0 Å². The summed E-state index contributed by atoms with van der Waals surface area (Å²) in [5.41, 5.74) is 2.68. The molecule has 2 bridgehead atoms. The SMILES string of the molecule is CO[C@H]1CCC(C)(C)c2cccc(c2)C[C@@H](O)[C@H](O)C(=O)O[C@H](/C(C)=C\[C@@H](C)CO)C1. The molecule has 1 aromatic rings. The molecule has 6 heteroatoms. The molecule has 0 amide bonds. The molecular weight excluding hydrogens is 396 g/mol. The summed E-state index contributed by atoms with van der Waals surface area (Å²) in [7, 11) is 1.65. The third-order valence-corrected chi connectivity index (χ3v) is 6.26. The van der Waals surface area contributed by atoms with Crippen molar-refractivity contribution in [3.05, 3.63) is 47.0 Å². The Morgan fingerprint density at radius 3 is 2.71 bits per heavy atom. The van der Waals surface area contributed by atoms with E-state index in [0.29, 0.717) is 6.42 Å². The second kappa shape index (κ2) is 11.2. The fraction of sp³-hybridized carbons (Fsp3) is 0.640. The summed E-state index contributed by atoms with van der Waals surface area (Å²) in [6.45, 7) is 8.07. The van der Waals surface area contributed by atoms with E-state index in [0.717, 1.165) is 29.5 Å². The number of esters is 1. The monoisotopic (exact) mass is 434 g/mol. The fourth-order valence-electron chi connectivity index (χ4n) is 4.01. The van der Waals surface area contributed by atoms with Crippen molar-refractivity contribution in [2.45, 2.75) is 83.2 Å². The third-order valence-electron chi connectivity index (χ3n) is 6.26. The van der Waals surface area contributed by atoms with Gasteiger partial charge in [0.15, 0.2) is 6.10 Å². The highest BCUT2D eigenvalue weighted by atomic mass is 16.6. The van der Waals surface area contributed by atoms with Crippen LogP contribution < -0.4 is 0 Å². The summed E-state index contributed by atoms with van der Waals surface area (Å²) in [5.74, 6) is -0.947. The summed E-state index contributed by atoms with van der Waals surface area (Å²) in [6.07, 6.45) is 0.413. The predicted molar refractivity (Wildman–Crippen MR) is 120 cm³/mol. The van der Waals surface area contributed by atoms with Gasteiger partial charge in [-0.3, -0.25) is 0 Å². The number of hydrogen-bond acceptors (Lipinski definition) is 6. The molecule has 2 rings (SSSR count). The van der Waals surface area contributed by atoms with E-state index in [1.54, 1.807) is 7.11 Å². The van der Waals surface area contributed by atoms with Crippen LogP contribution in [0.3, 0.4) is 0 Å². The van der Waals surface area contributed by atoms with E-state index in [-0.39, 0.29) is 30.5 Å². The van der Waals surface area contributed by atoms with E-state index in [2.05, 4.69) is 19.9 Å². The molecule has 174 valence electrons. The summed E-state index contributed by atoms with van der Waals surface area (Å²) in [6, 6.07) is 7.92. The number of aliphatic hydroxyl groups is 3. The Labute approximate surface area is 185 Å². The highest BCUT2D eigenvalue weighted by Gasteiger charge is 2.32. The van der Waals surface area contributed by atoms with E-state index in [1.807, 2.05) is 38.1 Å². The van der Waals surface area contributed by atoms with E-state index in [9.17, 15) is 20.1 Å². The van der Waals surface area contributed by atoms with Crippen LogP contribution in [-0.2, 0) is 26.1 Å². The largest absolute Gasteiger partial charge is 0.456 e. The van der Waals surface area contributed by atoms with Crippen molar-refractivity contribution >= 4 is 5.97 Å². The van der Waals surface area contributed by atoms with Gasteiger partial charge in [-0.25, -0.2) is 4.79 Å². The average molecular weight is 435 g/mol. The van der Waals surface area contributed by atoms with Crippen molar-refractivity contribution in [1.82, 2.24) is 0 Å². The minimum absolute atomic E-state index is 0.0149. The number of benzene rings is 1. The van der Waals surface area contributed by atoms with Crippen LogP contribution in [0.5, 0.6) is 0 Å². The third kappa shape index (κ3) is 7.14. The number of rotatable bonds is 4. The normalized spacial score (nSPS) is 29.0. The van der Waals surface area contributed by atoms with Gasteiger partial charge in [0.1, 0.15) is 6.10 Å². The maximum atomic E-state index is 12.6. The van der Waals surface area contributed by atoms with Gasteiger partial charge in [0, 0.05) is 26.6 Å². The van der Waals surface area contributed by atoms with Gasteiger partial charge in [-0.2, -0.15) is 0 Å². The van der Waals surface area contributed by atoms with Crippen LogP contribution in [0.25, 0.3) is 0 Å². The van der Waals surface area contributed by atoms with Gasteiger partial charge in [-0.1, -0.05) is 51.1 Å². The Bertz CT molecular complexity index is 756. The quantitative estimate of drug-likeness (QED) is 0.498. The van der Waals surface area contributed by atoms with Crippen LogP contribution in [0.1, 0.15) is 58.1 Å². The van der Waals surface area contributed by atoms with Crippen LogP contribution in [0.15, 0.2) is 35.9 Å². The molecular formula is C25H38O6. The molecule has 0 aromatic heterocycles. The number of ether oxygens (including phenoxy) is 2. The number of fused-ring (bicyclic) bond motifs is 2. The first-order valence-corrected chi connectivity index (χ1v) is 11.1. The Morgan fingerprint density at radius 2 is 2.06 bits per heavy atom. The van der Waals surface area contributed by atoms with Gasteiger partial charge >= 0.3 is 5.97 Å². The molecule has 1 aliphatic rings. The first-order valence-electron chi connectivity index (χ1n) is 11.1. The predicted octanol–water partition coefficient (Wildman–Crippen LogP) is 2.91. The van der Waals surface area contributed by atoms with E-state index in [1.165, 1.54) is 0 Å². The van der Waals surface area contributed by atoms with Crippen molar-refractivity contribution in [2.75, 3.05) is 13.7 Å². The van der Waals surface area contributed by atoms with Crippen molar-refractivity contribution < 1.29 is 29.6 Å². The lowest BCUT2D eigenvalue weighted by atomic mass is 9.78. The molecule has 0 saturated carbocycles.